The van der Waals surface area contributed by atoms with Crippen molar-refractivity contribution >= 4 is 0 Å². The third-order valence-electron chi connectivity index (χ3n) is 2.15. The highest BCUT2D eigenvalue weighted by Gasteiger charge is 2.29. The predicted octanol–water partition coefficient (Wildman–Crippen LogP) is 2.16. The minimum Gasteiger partial charge on any atom is -0.492 e. The third kappa shape index (κ3) is 2.07. The molecule has 0 spiro atoms. The molecule has 0 amide bonds. The molecule has 0 radical (unpaired) electrons. The number of rotatable bonds is 2. The number of imidazole rings is 1. The minimum absolute atomic E-state index is 0.0475. The smallest absolute Gasteiger partial charge is 0.232 e. The van der Waals surface area contributed by atoms with Gasteiger partial charge in [0, 0.05) is 7.11 Å². The highest BCUT2D eigenvalue weighted by atomic mass is 16.5. The molecule has 0 saturated carbocycles. The molecule has 80 valence electrons. The van der Waals surface area contributed by atoms with E-state index < -0.39 is 0 Å². The second kappa shape index (κ2) is 3.61. The first-order chi connectivity index (χ1) is 6.36. The van der Waals surface area contributed by atoms with Crippen LogP contribution in [0, 0.1) is 12.3 Å². The maximum absolute atomic E-state index is 9.35. The first-order valence-electron chi connectivity index (χ1n) is 4.64. The molecule has 1 atom stereocenters. The summed E-state index contributed by atoms with van der Waals surface area (Å²) in [5.74, 6) is 0.723. The van der Waals surface area contributed by atoms with Crippen LogP contribution in [0.15, 0.2) is 0 Å². The quantitative estimate of drug-likeness (QED) is 0.765. The molecule has 0 bridgehead atoms. The van der Waals surface area contributed by atoms with Crippen molar-refractivity contribution in [3.05, 3.63) is 11.5 Å². The van der Waals surface area contributed by atoms with E-state index in [1.54, 1.807) is 14.0 Å². The first kappa shape index (κ1) is 11.0. The fourth-order valence-corrected chi connectivity index (χ4v) is 1.47. The summed E-state index contributed by atoms with van der Waals surface area (Å²) in [4.78, 5) is 7.04. The predicted molar refractivity (Wildman–Crippen MR) is 54.2 cm³/mol. The lowest BCUT2D eigenvalue weighted by Crippen LogP contribution is -2.21. The van der Waals surface area contributed by atoms with Crippen LogP contribution in [0.2, 0.25) is 0 Å². The van der Waals surface area contributed by atoms with E-state index >= 15 is 0 Å². The molecule has 0 fully saturated rings. The first-order valence-corrected chi connectivity index (χ1v) is 4.64. The summed E-state index contributed by atoms with van der Waals surface area (Å²) < 4.78 is 5.36. The van der Waals surface area contributed by atoms with Crippen molar-refractivity contribution in [2.45, 2.75) is 33.8 Å². The fourth-order valence-electron chi connectivity index (χ4n) is 1.47. The molecule has 1 rings (SSSR count). The summed E-state index contributed by atoms with van der Waals surface area (Å²) >= 11 is 0. The van der Waals surface area contributed by atoms with E-state index in [0.717, 1.165) is 0 Å². The van der Waals surface area contributed by atoms with Gasteiger partial charge >= 0.3 is 0 Å². The molecule has 0 aliphatic heterocycles. The van der Waals surface area contributed by atoms with Gasteiger partial charge in [-0.3, -0.25) is 0 Å². The average molecular weight is 198 g/mol. The van der Waals surface area contributed by atoms with Crippen molar-refractivity contribution in [2.75, 3.05) is 7.11 Å². The number of aromatic amines is 1. The third-order valence-corrected chi connectivity index (χ3v) is 2.15. The molecule has 0 aliphatic rings. The number of methoxy groups -OCH3 is 1. The summed E-state index contributed by atoms with van der Waals surface area (Å²) in [6.07, 6.45) is -0.137. The Morgan fingerprint density at radius 2 is 2.00 bits per heavy atom. The summed E-state index contributed by atoms with van der Waals surface area (Å²) in [7, 11) is 1.64. The summed E-state index contributed by atoms with van der Waals surface area (Å²) in [5, 5.41) is 9.35. The lowest BCUT2D eigenvalue weighted by molar-refractivity contribution is 0.00906. The van der Waals surface area contributed by atoms with E-state index in [-0.39, 0.29) is 17.4 Å². The molecule has 4 heteroatoms. The lowest BCUT2D eigenvalue weighted by Gasteiger charge is -2.27. The van der Waals surface area contributed by atoms with Crippen molar-refractivity contribution in [1.82, 2.24) is 9.97 Å². The normalized spacial score (nSPS) is 14.4. The van der Waals surface area contributed by atoms with Crippen LogP contribution < -0.4 is 0 Å². The highest BCUT2D eigenvalue weighted by molar-refractivity contribution is 5.19. The Labute approximate surface area is 84.3 Å². The van der Waals surface area contributed by atoms with Gasteiger partial charge in [0.1, 0.15) is 11.9 Å². The van der Waals surface area contributed by atoms with Crippen LogP contribution in [0.5, 0.6) is 5.88 Å². The number of hydrogen-bond acceptors (Lipinski definition) is 3. The minimum atomic E-state index is -0.137. The zero-order valence-electron chi connectivity index (χ0n) is 9.38. The number of ether oxygens (including phenoxy) is 1. The number of hydrogen-bond donors (Lipinski definition) is 2. The van der Waals surface area contributed by atoms with E-state index in [4.69, 9.17) is 4.74 Å². The van der Waals surface area contributed by atoms with Gasteiger partial charge in [-0.15, -0.1) is 0 Å². The van der Waals surface area contributed by atoms with Gasteiger partial charge < -0.3 is 14.8 Å². The number of aromatic nitrogens is 2. The van der Waals surface area contributed by atoms with Crippen LogP contribution in [-0.2, 0) is 4.74 Å². The topological polar surface area (TPSA) is 58.1 Å². The van der Waals surface area contributed by atoms with E-state index in [0.29, 0.717) is 11.5 Å². The molecule has 1 unspecified atom stereocenters. The van der Waals surface area contributed by atoms with Crippen LogP contribution in [0.25, 0.3) is 0 Å². The SMILES string of the molecule is COC(c1nc(O)c(C)[nH]1)C(C)(C)C. The number of H-pyrrole nitrogens is 1. The maximum Gasteiger partial charge on any atom is 0.232 e. The summed E-state index contributed by atoms with van der Waals surface area (Å²) in [5.41, 5.74) is 0.622. The van der Waals surface area contributed by atoms with Crippen LogP contribution >= 0.6 is 0 Å². The monoisotopic (exact) mass is 198 g/mol. The molecule has 1 aromatic heterocycles. The van der Waals surface area contributed by atoms with Crippen LogP contribution in [-0.4, -0.2) is 22.2 Å². The Morgan fingerprint density at radius 3 is 2.29 bits per heavy atom. The number of nitrogens with one attached hydrogen (secondary N) is 1. The van der Waals surface area contributed by atoms with E-state index in [1.807, 2.05) is 0 Å². The zero-order chi connectivity index (χ0) is 10.9. The molecular weight excluding hydrogens is 180 g/mol. The van der Waals surface area contributed by atoms with E-state index in [9.17, 15) is 5.11 Å². The van der Waals surface area contributed by atoms with Crippen molar-refractivity contribution in [2.24, 2.45) is 5.41 Å². The Kier molecular flexibility index (Phi) is 2.85. The summed E-state index contributed by atoms with van der Waals surface area (Å²) in [6.45, 7) is 7.98. The second-order valence-corrected chi connectivity index (χ2v) is 4.55. The molecule has 0 saturated heterocycles. The van der Waals surface area contributed by atoms with Crippen molar-refractivity contribution in [1.29, 1.82) is 0 Å². The molecule has 2 N–H and O–H groups in total. The number of aryl methyl sites for hydroxylation is 1. The zero-order valence-corrected chi connectivity index (χ0v) is 9.38. The number of aromatic hydroxyl groups is 1. The second-order valence-electron chi connectivity index (χ2n) is 4.55. The van der Waals surface area contributed by atoms with Crippen LogP contribution in [0.4, 0.5) is 0 Å². The van der Waals surface area contributed by atoms with Gasteiger partial charge in [-0.1, -0.05) is 20.8 Å². The molecule has 4 nitrogen and oxygen atoms in total. The van der Waals surface area contributed by atoms with Gasteiger partial charge in [-0.25, -0.2) is 0 Å². The van der Waals surface area contributed by atoms with Crippen molar-refractivity contribution in [3.8, 4) is 5.88 Å². The lowest BCUT2D eigenvalue weighted by atomic mass is 9.88. The Hall–Kier alpha value is -1.03. The Morgan fingerprint density at radius 1 is 1.43 bits per heavy atom. The van der Waals surface area contributed by atoms with Gasteiger partial charge in [-0.2, -0.15) is 4.98 Å². The average Bonchev–Trinajstić information content (AvgIpc) is 2.30. The van der Waals surface area contributed by atoms with E-state index in [1.165, 1.54) is 0 Å². The molecule has 1 aromatic rings. The van der Waals surface area contributed by atoms with Gasteiger partial charge in [0.15, 0.2) is 0 Å². The van der Waals surface area contributed by atoms with Gasteiger partial charge in [0.05, 0.1) is 5.69 Å². The molecule has 0 aliphatic carbocycles. The summed E-state index contributed by atoms with van der Waals surface area (Å²) in [6, 6.07) is 0. The maximum atomic E-state index is 9.35. The van der Waals surface area contributed by atoms with Crippen molar-refractivity contribution < 1.29 is 9.84 Å². The molecule has 14 heavy (non-hydrogen) atoms. The van der Waals surface area contributed by atoms with Crippen LogP contribution in [0.3, 0.4) is 0 Å². The molecular formula is C10H18N2O2. The highest BCUT2D eigenvalue weighted by Crippen LogP contribution is 2.34. The standard InChI is InChI=1S/C10H18N2O2/c1-6-9(13)12-8(11-6)7(14-5)10(2,3)4/h7,13H,1-5H3,(H,11,12). The van der Waals surface area contributed by atoms with Gasteiger partial charge in [-0.05, 0) is 12.3 Å². The van der Waals surface area contributed by atoms with Crippen LogP contribution in [0.1, 0.15) is 38.4 Å². The molecule has 0 aromatic carbocycles. The van der Waals surface area contributed by atoms with E-state index in [2.05, 4.69) is 30.7 Å². The van der Waals surface area contributed by atoms with Gasteiger partial charge in [0.25, 0.3) is 0 Å². The van der Waals surface area contributed by atoms with Gasteiger partial charge in [0.2, 0.25) is 5.88 Å². The Balaban J connectivity index is 3.01. The van der Waals surface area contributed by atoms with Crippen molar-refractivity contribution in [3.63, 3.8) is 0 Å². The molecule has 1 heterocycles. The number of nitrogens with zero attached hydrogens (tertiary/aromatic N) is 1. The fraction of sp³-hybridized carbons (Fsp3) is 0.700. The Bertz CT molecular complexity index is 293. The largest absolute Gasteiger partial charge is 0.492 e.